The number of aromatic nitrogens is 4. The number of aromatic amines is 1. The smallest absolute Gasteiger partial charge is 0.206 e. The van der Waals surface area contributed by atoms with E-state index in [1.807, 2.05) is 18.3 Å². The largest absolute Gasteiger partial charge is 0.359 e. The quantitative estimate of drug-likeness (QED) is 0.397. The molecule has 144 valence electrons. The number of rotatable bonds is 6. The molecule has 2 aromatic heterocycles. The molecule has 5 aromatic rings. The van der Waals surface area contributed by atoms with E-state index >= 15 is 0 Å². The zero-order chi connectivity index (χ0) is 19.6. The maximum Gasteiger partial charge on any atom is 0.206 e. The van der Waals surface area contributed by atoms with E-state index in [0.717, 1.165) is 33.0 Å². The number of fused-ring (bicyclic) bond motifs is 2. The van der Waals surface area contributed by atoms with Gasteiger partial charge in [-0.3, -0.25) is 5.10 Å². The van der Waals surface area contributed by atoms with Crippen molar-refractivity contribution in [2.24, 2.45) is 5.73 Å². The fourth-order valence-electron chi connectivity index (χ4n) is 3.45. The van der Waals surface area contributed by atoms with E-state index in [0.29, 0.717) is 6.54 Å². The second-order valence-electron chi connectivity index (χ2n) is 7.11. The minimum absolute atomic E-state index is 0.00853. The molecule has 4 N–H and O–H groups in total. The lowest BCUT2D eigenvalue weighted by atomic mass is 10.0. The van der Waals surface area contributed by atoms with E-state index in [1.54, 1.807) is 0 Å². The summed E-state index contributed by atoms with van der Waals surface area (Å²) < 4.78 is 0. The van der Waals surface area contributed by atoms with Crippen molar-refractivity contribution in [1.82, 2.24) is 20.4 Å². The lowest BCUT2D eigenvalue weighted by Crippen LogP contribution is -2.31. The van der Waals surface area contributed by atoms with Gasteiger partial charge in [-0.15, -0.1) is 10.2 Å². The first-order chi connectivity index (χ1) is 14.2. The lowest BCUT2D eigenvalue weighted by Gasteiger charge is -2.12. The molecule has 0 fully saturated rings. The molecule has 0 saturated carbocycles. The van der Waals surface area contributed by atoms with Crippen molar-refractivity contribution < 1.29 is 0 Å². The molecule has 0 unspecified atom stereocenters. The molecule has 6 nitrogen and oxygen atoms in total. The fourth-order valence-corrected chi connectivity index (χ4v) is 4.19. The minimum atomic E-state index is -0.00853. The number of nitrogens with two attached hydrogens (primary N) is 1. The van der Waals surface area contributed by atoms with E-state index in [9.17, 15) is 0 Å². The molecule has 0 radical (unpaired) electrons. The van der Waals surface area contributed by atoms with Gasteiger partial charge in [0, 0.05) is 23.5 Å². The summed E-state index contributed by atoms with van der Waals surface area (Å²) in [4.78, 5) is 0. The van der Waals surface area contributed by atoms with Crippen LogP contribution in [-0.2, 0) is 6.42 Å². The second-order valence-corrected chi connectivity index (χ2v) is 8.09. The molecule has 0 amide bonds. The van der Waals surface area contributed by atoms with Crippen molar-refractivity contribution in [3.05, 3.63) is 72.4 Å². The molecule has 0 spiro atoms. The molecular formula is C22H20N6S. The highest BCUT2D eigenvalue weighted by atomic mass is 32.1. The third-order valence-corrected chi connectivity index (χ3v) is 5.87. The third-order valence-electron chi connectivity index (χ3n) is 4.94. The average molecular weight is 401 g/mol. The Hall–Kier alpha value is -3.29. The molecular weight excluding hydrogens is 380 g/mol. The Kier molecular flexibility index (Phi) is 4.67. The van der Waals surface area contributed by atoms with Gasteiger partial charge in [0.15, 0.2) is 0 Å². The number of anilines is 1. The van der Waals surface area contributed by atoms with Gasteiger partial charge < -0.3 is 11.1 Å². The molecule has 5 rings (SSSR count). The number of nitrogens with zero attached hydrogens (tertiary/aromatic N) is 3. The van der Waals surface area contributed by atoms with Crippen LogP contribution in [-0.4, -0.2) is 33.0 Å². The number of H-pyrrole nitrogens is 1. The van der Waals surface area contributed by atoms with Crippen molar-refractivity contribution in [2.75, 3.05) is 11.9 Å². The molecule has 0 aliphatic carbocycles. The summed E-state index contributed by atoms with van der Waals surface area (Å²) in [6.45, 7) is 0.641. The average Bonchev–Trinajstić information content (AvgIpc) is 3.41. The highest BCUT2D eigenvalue weighted by molar-refractivity contribution is 7.18. The standard InChI is InChI=1S/C22H20N6S/c23-19(10-14-5-6-15-3-1-2-4-16(15)9-14)13-24-22-28-27-21(29-22)17-7-8-20-18(11-17)12-25-26-20/h1-9,11-12,19H,10,13,23H2,(H,24,28)(H,25,26)/t19-/m0/s1. The molecule has 1 atom stereocenters. The molecule has 7 heteroatoms. The lowest BCUT2D eigenvalue weighted by molar-refractivity contribution is 0.699. The van der Waals surface area contributed by atoms with E-state index in [2.05, 4.69) is 74.2 Å². The predicted octanol–water partition coefficient (Wildman–Crippen LogP) is 4.22. The van der Waals surface area contributed by atoms with Gasteiger partial charge >= 0.3 is 0 Å². The maximum absolute atomic E-state index is 6.35. The summed E-state index contributed by atoms with van der Waals surface area (Å²) in [5, 5.41) is 24.1. The third kappa shape index (κ3) is 3.83. The van der Waals surface area contributed by atoms with E-state index in [4.69, 9.17) is 5.73 Å². The molecule has 3 aromatic carbocycles. The predicted molar refractivity (Wildman–Crippen MR) is 119 cm³/mol. The van der Waals surface area contributed by atoms with Crippen molar-refractivity contribution in [2.45, 2.75) is 12.5 Å². The van der Waals surface area contributed by atoms with Gasteiger partial charge in [-0.25, -0.2) is 0 Å². The zero-order valence-electron chi connectivity index (χ0n) is 15.7. The van der Waals surface area contributed by atoms with Crippen LogP contribution in [0.3, 0.4) is 0 Å². The Balaban J connectivity index is 1.22. The Morgan fingerprint density at radius 1 is 0.966 bits per heavy atom. The van der Waals surface area contributed by atoms with Gasteiger partial charge in [-0.2, -0.15) is 5.10 Å². The molecule has 2 heterocycles. The molecule has 0 bridgehead atoms. The Labute approximate surface area is 171 Å². The van der Waals surface area contributed by atoms with Gasteiger partial charge in [0.05, 0.1) is 11.7 Å². The molecule has 0 aliphatic rings. The number of hydrogen-bond donors (Lipinski definition) is 3. The first-order valence-corrected chi connectivity index (χ1v) is 10.3. The van der Waals surface area contributed by atoms with E-state index < -0.39 is 0 Å². The van der Waals surface area contributed by atoms with Crippen molar-refractivity contribution >= 4 is 38.1 Å². The van der Waals surface area contributed by atoms with Gasteiger partial charge in [0.1, 0.15) is 5.01 Å². The zero-order valence-corrected chi connectivity index (χ0v) is 16.5. The topological polar surface area (TPSA) is 92.5 Å². The van der Waals surface area contributed by atoms with Gasteiger partial charge in [-0.05, 0) is 41.0 Å². The Bertz CT molecular complexity index is 1270. The van der Waals surface area contributed by atoms with Crippen LogP contribution >= 0.6 is 11.3 Å². The SMILES string of the molecule is N[C@H](CNc1nnc(-c2ccc3[nH]ncc3c2)s1)Cc1ccc2ccccc2c1. The number of nitrogens with one attached hydrogen (secondary N) is 2. The summed E-state index contributed by atoms with van der Waals surface area (Å²) in [7, 11) is 0. The summed E-state index contributed by atoms with van der Waals surface area (Å²) in [5.41, 5.74) is 9.63. The van der Waals surface area contributed by atoms with Crippen LogP contribution in [0.5, 0.6) is 0 Å². The van der Waals surface area contributed by atoms with Crippen molar-refractivity contribution in [3.63, 3.8) is 0 Å². The normalized spacial score (nSPS) is 12.4. The Morgan fingerprint density at radius 3 is 2.79 bits per heavy atom. The number of hydrogen-bond acceptors (Lipinski definition) is 6. The van der Waals surface area contributed by atoms with Crippen molar-refractivity contribution in [1.29, 1.82) is 0 Å². The summed E-state index contributed by atoms with van der Waals surface area (Å²) in [6.07, 6.45) is 2.62. The Morgan fingerprint density at radius 2 is 1.86 bits per heavy atom. The summed E-state index contributed by atoms with van der Waals surface area (Å²) >= 11 is 1.53. The second kappa shape index (κ2) is 7.62. The first-order valence-electron chi connectivity index (χ1n) is 9.49. The first kappa shape index (κ1) is 17.8. The van der Waals surface area contributed by atoms with Crippen LogP contribution < -0.4 is 11.1 Å². The van der Waals surface area contributed by atoms with Crippen LogP contribution in [0.2, 0.25) is 0 Å². The van der Waals surface area contributed by atoms with E-state index in [-0.39, 0.29) is 6.04 Å². The van der Waals surface area contributed by atoms with Gasteiger partial charge in [0.25, 0.3) is 0 Å². The number of benzene rings is 3. The molecule has 0 aliphatic heterocycles. The summed E-state index contributed by atoms with van der Waals surface area (Å²) in [5.74, 6) is 0. The molecule has 0 saturated heterocycles. The van der Waals surface area contributed by atoms with Crippen LogP contribution in [0, 0.1) is 0 Å². The van der Waals surface area contributed by atoms with Gasteiger partial charge in [-0.1, -0.05) is 53.8 Å². The van der Waals surface area contributed by atoms with E-state index in [1.165, 1.54) is 27.7 Å². The highest BCUT2D eigenvalue weighted by Crippen LogP contribution is 2.28. The van der Waals surface area contributed by atoms with Crippen molar-refractivity contribution in [3.8, 4) is 10.6 Å². The maximum atomic E-state index is 6.35. The van der Waals surface area contributed by atoms with Crippen LogP contribution in [0.1, 0.15) is 5.56 Å². The van der Waals surface area contributed by atoms with Crippen LogP contribution in [0.25, 0.3) is 32.2 Å². The van der Waals surface area contributed by atoms with Crippen LogP contribution in [0.15, 0.2) is 66.9 Å². The molecule has 29 heavy (non-hydrogen) atoms. The van der Waals surface area contributed by atoms with Crippen LogP contribution in [0.4, 0.5) is 5.13 Å². The highest BCUT2D eigenvalue weighted by Gasteiger charge is 2.10. The summed E-state index contributed by atoms with van der Waals surface area (Å²) in [6, 6.07) is 21.0. The minimum Gasteiger partial charge on any atom is -0.359 e. The van der Waals surface area contributed by atoms with Gasteiger partial charge in [0.2, 0.25) is 5.13 Å². The fraction of sp³-hybridized carbons (Fsp3) is 0.136. The monoisotopic (exact) mass is 400 g/mol.